The zero-order valence-electron chi connectivity index (χ0n) is 17.0. The molecule has 0 bridgehead atoms. The van der Waals surface area contributed by atoms with Crippen molar-refractivity contribution in [2.24, 2.45) is 7.05 Å². The molecule has 28 heavy (non-hydrogen) atoms. The van der Waals surface area contributed by atoms with E-state index in [1.807, 2.05) is 30.1 Å². The zero-order chi connectivity index (χ0) is 19.7. The number of anilines is 1. The van der Waals surface area contributed by atoms with Gasteiger partial charge in [-0.15, -0.1) is 0 Å². The molecule has 3 aromatic rings. The molecular formula is C21H27N5O2. The van der Waals surface area contributed by atoms with Crippen LogP contribution in [0.25, 0.3) is 11.0 Å². The summed E-state index contributed by atoms with van der Waals surface area (Å²) in [6.45, 7) is 3.98. The van der Waals surface area contributed by atoms with Crippen molar-refractivity contribution in [3.63, 3.8) is 0 Å². The van der Waals surface area contributed by atoms with Crippen LogP contribution in [-0.4, -0.2) is 47.1 Å². The molecule has 2 aromatic heterocycles. The van der Waals surface area contributed by atoms with E-state index in [1.54, 1.807) is 14.2 Å². The van der Waals surface area contributed by atoms with Gasteiger partial charge in [0.2, 0.25) is 0 Å². The Morgan fingerprint density at radius 3 is 2.79 bits per heavy atom. The zero-order valence-corrected chi connectivity index (χ0v) is 17.0. The van der Waals surface area contributed by atoms with Crippen LogP contribution in [0.15, 0.2) is 24.4 Å². The summed E-state index contributed by atoms with van der Waals surface area (Å²) >= 11 is 0. The number of para-hydroxylation sites is 1. The molecule has 3 heterocycles. The van der Waals surface area contributed by atoms with Crippen molar-refractivity contribution in [3.05, 3.63) is 35.8 Å². The number of ether oxygens (including phenoxy) is 2. The van der Waals surface area contributed by atoms with Crippen molar-refractivity contribution in [1.29, 1.82) is 0 Å². The van der Waals surface area contributed by atoms with Gasteiger partial charge in [-0.3, -0.25) is 4.68 Å². The maximum absolute atomic E-state index is 5.66. The Bertz CT molecular complexity index is 984. The minimum Gasteiger partial charge on any atom is -0.493 e. The second kappa shape index (κ2) is 7.66. The van der Waals surface area contributed by atoms with Crippen molar-refractivity contribution in [1.82, 2.24) is 19.7 Å². The normalized spacial score (nSPS) is 16.7. The highest BCUT2D eigenvalue weighted by Gasteiger charge is 2.30. The molecule has 148 valence electrons. The Hall–Kier alpha value is -2.83. The highest BCUT2D eigenvalue weighted by atomic mass is 16.5. The third-order valence-electron chi connectivity index (χ3n) is 5.45. The Balaban J connectivity index is 1.68. The smallest absolute Gasteiger partial charge is 0.164 e. The number of nitrogens with zero attached hydrogens (tertiary/aromatic N) is 5. The lowest BCUT2D eigenvalue weighted by Gasteiger charge is -2.20. The Morgan fingerprint density at radius 1 is 1.18 bits per heavy atom. The van der Waals surface area contributed by atoms with Crippen LogP contribution in [0.2, 0.25) is 0 Å². The van der Waals surface area contributed by atoms with E-state index in [9.17, 15) is 0 Å². The van der Waals surface area contributed by atoms with Gasteiger partial charge in [0.25, 0.3) is 0 Å². The monoisotopic (exact) mass is 381 g/mol. The van der Waals surface area contributed by atoms with Gasteiger partial charge in [0.05, 0.1) is 25.8 Å². The number of hydrogen-bond donors (Lipinski definition) is 0. The molecule has 1 aromatic carbocycles. The Kier molecular flexibility index (Phi) is 5.07. The summed E-state index contributed by atoms with van der Waals surface area (Å²) in [5.41, 5.74) is 2.09. The molecule has 7 heteroatoms. The van der Waals surface area contributed by atoms with E-state index in [-0.39, 0.29) is 0 Å². The van der Waals surface area contributed by atoms with Gasteiger partial charge in [0.15, 0.2) is 17.1 Å². The van der Waals surface area contributed by atoms with E-state index in [1.165, 1.54) is 5.56 Å². The van der Waals surface area contributed by atoms with Gasteiger partial charge in [-0.25, -0.2) is 9.97 Å². The molecule has 0 saturated carbocycles. The summed E-state index contributed by atoms with van der Waals surface area (Å²) in [6, 6.07) is 6.11. The standard InChI is InChI=1S/C21H27N5O2/c1-5-7-18-23-20-16(12-22-25(20)2)21(24-18)26-11-10-14(13-26)15-8-6-9-17(27-3)19(15)28-4/h6,8-9,12,14H,5,7,10-11,13H2,1-4H3/t14-/m0/s1. The summed E-state index contributed by atoms with van der Waals surface area (Å²) in [4.78, 5) is 12.0. The number of methoxy groups -OCH3 is 2. The number of fused-ring (bicyclic) bond motifs is 1. The van der Waals surface area contributed by atoms with E-state index >= 15 is 0 Å². The van der Waals surface area contributed by atoms with Crippen molar-refractivity contribution in [2.45, 2.75) is 32.1 Å². The SMILES string of the molecule is CCCc1nc(N2CC[C@H](c3cccc(OC)c3OC)C2)c2cnn(C)c2n1. The Labute approximate surface area is 165 Å². The number of rotatable bonds is 6. The van der Waals surface area contributed by atoms with Gasteiger partial charge in [0, 0.05) is 38.0 Å². The van der Waals surface area contributed by atoms with E-state index in [0.717, 1.165) is 66.5 Å². The molecule has 1 fully saturated rings. The van der Waals surface area contributed by atoms with Gasteiger partial charge in [0.1, 0.15) is 11.6 Å². The van der Waals surface area contributed by atoms with Gasteiger partial charge < -0.3 is 14.4 Å². The second-order valence-electron chi connectivity index (χ2n) is 7.23. The van der Waals surface area contributed by atoms with Gasteiger partial charge >= 0.3 is 0 Å². The average molecular weight is 381 g/mol. The Morgan fingerprint density at radius 2 is 2.04 bits per heavy atom. The number of aromatic nitrogens is 4. The highest BCUT2D eigenvalue weighted by Crippen LogP contribution is 2.40. The van der Waals surface area contributed by atoms with Crippen LogP contribution in [0.5, 0.6) is 11.5 Å². The summed E-state index contributed by atoms with van der Waals surface area (Å²) in [7, 11) is 5.31. The largest absolute Gasteiger partial charge is 0.493 e. The molecule has 0 unspecified atom stereocenters. The summed E-state index contributed by atoms with van der Waals surface area (Å²) in [5, 5.41) is 5.42. The third-order valence-corrected chi connectivity index (χ3v) is 5.45. The van der Waals surface area contributed by atoms with Crippen LogP contribution in [0.3, 0.4) is 0 Å². The van der Waals surface area contributed by atoms with Crippen LogP contribution >= 0.6 is 0 Å². The van der Waals surface area contributed by atoms with Crippen molar-refractivity contribution in [3.8, 4) is 11.5 Å². The van der Waals surface area contributed by atoms with Gasteiger partial charge in [-0.1, -0.05) is 19.1 Å². The lowest BCUT2D eigenvalue weighted by molar-refractivity contribution is 0.350. The summed E-state index contributed by atoms with van der Waals surface area (Å²) in [6.07, 6.45) is 4.81. The predicted octanol–water partition coefficient (Wildman–Crippen LogP) is 3.33. The number of aryl methyl sites for hydroxylation is 2. The molecule has 0 amide bonds. The molecule has 7 nitrogen and oxygen atoms in total. The van der Waals surface area contributed by atoms with Crippen molar-refractivity contribution in [2.75, 3.05) is 32.2 Å². The lowest BCUT2D eigenvalue weighted by Crippen LogP contribution is -2.21. The first-order valence-corrected chi connectivity index (χ1v) is 9.80. The predicted molar refractivity (Wildman–Crippen MR) is 109 cm³/mol. The molecule has 1 aliphatic rings. The van der Waals surface area contributed by atoms with E-state index in [4.69, 9.17) is 19.4 Å². The van der Waals surface area contributed by atoms with Crippen LogP contribution in [0.1, 0.15) is 37.1 Å². The fraction of sp³-hybridized carbons (Fsp3) is 0.476. The topological polar surface area (TPSA) is 65.3 Å². The van der Waals surface area contributed by atoms with Crippen molar-refractivity contribution < 1.29 is 9.47 Å². The van der Waals surface area contributed by atoms with Crippen LogP contribution in [0, 0.1) is 0 Å². The maximum Gasteiger partial charge on any atom is 0.164 e. The summed E-state index contributed by atoms with van der Waals surface area (Å²) in [5.74, 6) is 3.85. The molecule has 0 N–H and O–H groups in total. The second-order valence-corrected chi connectivity index (χ2v) is 7.23. The van der Waals surface area contributed by atoms with E-state index < -0.39 is 0 Å². The average Bonchev–Trinajstić information content (AvgIpc) is 3.34. The van der Waals surface area contributed by atoms with Crippen molar-refractivity contribution >= 4 is 16.9 Å². The minimum absolute atomic E-state index is 0.362. The van der Waals surface area contributed by atoms with E-state index in [2.05, 4.69) is 23.0 Å². The number of benzene rings is 1. The molecule has 0 spiro atoms. The molecule has 1 atom stereocenters. The van der Waals surface area contributed by atoms with E-state index in [0.29, 0.717) is 5.92 Å². The quantitative estimate of drug-likeness (QED) is 0.653. The van der Waals surface area contributed by atoms with Crippen LogP contribution in [0.4, 0.5) is 5.82 Å². The van der Waals surface area contributed by atoms with Gasteiger partial charge in [-0.05, 0) is 18.9 Å². The fourth-order valence-electron chi connectivity index (χ4n) is 4.07. The maximum atomic E-state index is 5.66. The van der Waals surface area contributed by atoms with Crippen LogP contribution < -0.4 is 14.4 Å². The van der Waals surface area contributed by atoms with Gasteiger partial charge in [-0.2, -0.15) is 5.10 Å². The first kappa shape index (κ1) is 18.5. The molecule has 1 saturated heterocycles. The molecule has 0 radical (unpaired) electrons. The third kappa shape index (κ3) is 3.15. The highest BCUT2D eigenvalue weighted by molar-refractivity contribution is 5.87. The molecular weight excluding hydrogens is 354 g/mol. The summed E-state index contributed by atoms with van der Waals surface area (Å²) < 4.78 is 13.0. The lowest BCUT2D eigenvalue weighted by atomic mass is 9.97. The minimum atomic E-state index is 0.362. The number of hydrogen-bond acceptors (Lipinski definition) is 6. The molecule has 4 rings (SSSR count). The molecule has 1 aliphatic heterocycles. The molecule has 0 aliphatic carbocycles. The van der Waals surface area contributed by atoms with Crippen LogP contribution in [-0.2, 0) is 13.5 Å². The first-order chi connectivity index (χ1) is 13.7. The first-order valence-electron chi connectivity index (χ1n) is 9.80. The fourth-order valence-corrected chi connectivity index (χ4v) is 4.07.